The number of aromatic nitrogens is 2. The third-order valence-corrected chi connectivity index (χ3v) is 3.99. The molecule has 1 aromatic heterocycles. The maximum Gasteiger partial charge on any atom is 0.272 e. The third kappa shape index (κ3) is 3.54. The maximum absolute atomic E-state index is 12.7. The molecule has 1 saturated heterocycles. The Bertz CT molecular complexity index is 699. The summed E-state index contributed by atoms with van der Waals surface area (Å²) in [7, 11) is 0. The summed E-state index contributed by atoms with van der Waals surface area (Å²) in [5, 5.41) is 0. The fraction of sp³-hybridized carbons (Fsp3) is 0.389. The molecule has 0 aliphatic carbocycles. The molecule has 2 aromatic rings. The smallest absolute Gasteiger partial charge is 0.272 e. The second-order valence-corrected chi connectivity index (χ2v) is 5.68. The van der Waals surface area contributed by atoms with Crippen LogP contribution in [0.25, 0.3) is 0 Å². The molecule has 1 aromatic carbocycles. The number of benzene rings is 1. The van der Waals surface area contributed by atoms with Gasteiger partial charge in [0, 0.05) is 31.0 Å². The molecule has 24 heavy (non-hydrogen) atoms. The van der Waals surface area contributed by atoms with Crippen molar-refractivity contribution in [3.63, 3.8) is 0 Å². The summed E-state index contributed by atoms with van der Waals surface area (Å²) in [5.41, 5.74) is 2.23. The molecule has 0 radical (unpaired) electrons. The first kappa shape index (κ1) is 16.4. The number of ether oxygens (including phenoxy) is 1. The Morgan fingerprint density at radius 2 is 1.92 bits per heavy atom. The molecule has 0 unspecified atom stereocenters. The van der Waals surface area contributed by atoms with Gasteiger partial charge in [0.1, 0.15) is 5.69 Å². The molecule has 2 heterocycles. The molecule has 0 bridgehead atoms. The van der Waals surface area contributed by atoms with Gasteiger partial charge in [-0.25, -0.2) is 9.97 Å². The van der Waals surface area contributed by atoms with Gasteiger partial charge in [-0.1, -0.05) is 18.2 Å². The summed E-state index contributed by atoms with van der Waals surface area (Å²) >= 11 is 0. The molecule has 126 valence electrons. The topological polar surface area (TPSA) is 58.6 Å². The Morgan fingerprint density at radius 1 is 1.21 bits per heavy atom. The largest absolute Gasteiger partial charge is 0.378 e. The minimum absolute atomic E-state index is 0.0610. The lowest BCUT2D eigenvalue weighted by atomic mass is 10.2. The van der Waals surface area contributed by atoms with Crippen molar-refractivity contribution in [2.24, 2.45) is 0 Å². The number of hydrogen-bond acceptors (Lipinski definition) is 5. The average Bonchev–Trinajstić information content (AvgIpc) is 2.63. The monoisotopic (exact) mass is 326 g/mol. The van der Waals surface area contributed by atoms with E-state index in [0.29, 0.717) is 37.9 Å². The zero-order valence-corrected chi connectivity index (χ0v) is 14.1. The number of anilines is 2. The molecule has 1 amide bonds. The maximum atomic E-state index is 12.7. The number of para-hydroxylation sites is 1. The number of carbonyl (C=O) groups is 1. The van der Waals surface area contributed by atoms with E-state index < -0.39 is 0 Å². The van der Waals surface area contributed by atoms with Crippen molar-refractivity contribution in [3.8, 4) is 0 Å². The first-order valence-corrected chi connectivity index (χ1v) is 8.24. The van der Waals surface area contributed by atoms with Crippen molar-refractivity contribution in [2.45, 2.75) is 13.8 Å². The molecular weight excluding hydrogens is 304 g/mol. The van der Waals surface area contributed by atoms with Gasteiger partial charge in [0.25, 0.3) is 5.91 Å². The van der Waals surface area contributed by atoms with Crippen LogP contribution in [0.1, 0.15) is 23.1 Å². The van der Waals surface area contributed by atoms with Crippen LogP contribution in [0.3, 0.4) is 0 Å². The van der Waals surface area contributed by atoms with Gasteiger partial charge in [-0.2, -0.15) is 0 Å². The predicted octanol–water partition coefficient (Wildman–Crippen LogP) is 2.42. The van der Waals surface area contributed by atoms with Crippen molar-refractivity contribution >= 4 is 17.5 Å². The van der Waals surface area contributed by atoms with E-state index in [1.807, 2.05) is 49.1 Å². The van der Waals surface area contributed by atoms with Crippen LogP contribution in [-0.4, -0.2) is 53.6 Å². The summed E-state index contributed by atoms with van der Waals surface area (Å²) in [5.74, 6) is 0.495. The summed E-state index contributed by atoms with van der Waals surface area (Å²) in [6, 6.07) is 11.7. The van der Waals surface area contributed by atoms with Crippen LogP contribution in [0.5, 0.6) is 0 Å². The molecule has 1 aliphatic rings. The van der Waals surface area contributed by atoms with Crippen molar-refractivity contribution < 1.29 is 9.53 Å². The second kappa shape index (κ2) is 7.40. The second-order valence-electron chi connectivity index (χ2n) is 5.68. The summed E-state index contributed by atoms with van der Waals surface area (Å²) in [4.78, 5) is 25.6. The molecule has 0 atom stereocenters. The molecule has 6 nitrogen and oxygen atoms in total. The zero-order valence-electron chi connectivity index (χ0n) is 14.1. The molecular formula is C18H22N4O2. The average molecular weight is 326 g/mol. The highest BCUT2D eigenvalue weighted by Crippen LogP contribution is 2.22. The molecule has 1 aliphatic heterocycles. The molecule has 1 fully saturated rings. The highest BCUT2D eigenvalue weighted by Gasteiger charge is 2.22. The van der Waals surface area contributed by atoms with Crippen LogP contribution in [-0.2, 0) is 4.74 Å². The van der Waals surface area contributed by atoms with Gasteiger partial charge >= 0.3 is 0 Å². The lowest BCUT2D eigenvalue weighted by molar-refractivity contribution is 0.0299. The molecule has 0 saturated carbocycles. The van der Waals surface area contributed by atoms with Crippen molar-refractivity contribution in [2.75, 3.05) is 37.7 Å². The number of amides is 1. The summed E-state index contributed by atoms with van der Waals surface area (Å²) in [6.45, 7) is 7.02. The van der Waals surface area contributed by atoms with E-state index in [9.17, 15) is 4.79 Å². The Labute approximate surface area is 142 Å². The SMILES string of the molecule is CCN(c1ccccc1)c1nc(C)cc(C(=O)N2CCOCC2)n1. The number of hydrogen-bond donors (Lipinski definition) is 0. The van der Waals surface area contributed by atoms with Gasteiger partial charge in [0.15, 0.2) is 0 Å². The van der Waals surface area contributed by atoms with Gasteiger partial charge in [-0.3, -0.25) is 4.79 Å². The first-order chi connectivity index (χ1) is 11.7. The third-order valence-electron chi connectivity index (χ3n) is 3.99. The standard InChI is InChI=1S/C18H22N4O2/c1-3-22(15-7-5-4-6-8-15)18-19-14(2)13-16(20-18)17(23)21-9-11-24-12-10-21/h4-8,13H,3,9-12H2,1-2H3. The molecule has 6 heteroatoms. The van der Waals surface area contributed by atoms with Gasteiger partial charge in [0.05, 0.1) is 13.2 Å². The van der Waals surface area contributed by atoms with Crippen LogP contribution >= 0.6 is 0 Å². The van der Waals surface area contributed by atoms with Crippen molar-refractivity contribution in [1.29, 1.82) is 0 Å². The Morgan fingerprint density at radius 3 is 2.58 bits per heavy atom. The fourth-order valence-electron chi connectivity index (χ4n) is 2.76. The number of rotatable bonds is 4. The van der Waals surface area contributed by atoms with Gasteiger partial charge in [-0.05, 0) is 32.0 Å². The molecule has 0 spiro atoms. The number of morpholine rings is 1. The Kier molecular flexibility index (Phi) is 5.05. The van der Waals surface area contributed by atoms with E-state index in [1.54, 1.807) is 11.0 Å². The lowest BCUT2D eigenvalue weighted by Crippen LogP contribution is -2.41. The van der Waals surface area contributed by atoms with E-state index in [0.717, 1.165) is 17.9 Å². The predicted molar refractivity (Wildman–Crippen MR) is 92.6 cm³/mol. The Hall–Kier alpha value is -2.47. The first-order valence-electron chi connectivity index (χ1n) is 8.24. The van der Waals surface area contributed by atoms with Gasteiger partial charge in [-0.15, -0.1) is 0 Å². The van der Waals surface area contributed by atoms with Crippen LogP contribution in [0.4, 0.5) is 11.6 Å². The fourth-order valence-corrected chi connectivity index (χ4v) is 2.76. The molecule has 0 N–H and O–H groups in total. The highest BCUT2D eigenvalue weighted by molar-refractivity contribution is 5.92. The van der Waals surface area contributed by atoms with Crippen LogP contribution in [0, 0.1) is 6.92 Å². The van der Waals surface area contributed by atoms with Crippen LogP contribution in [0.2, 0.25) is 0 Å². The highest BCUT2D eigenvalue weighted by atomic mass is 16.5. The van der Waals surface area contributed by atoms with Crippen molar-refractivity contribution in [1.82, 2.24) is 14.9 Å². The van der Waals surface area contributed by atoms with E-state index in [2.05, 4.69) is 9.97 Å². The zero-order chi connectivity index (χ0) is 16.9. The minimum atomic E-state index is -0.0610. The quantitative estimate of drug-likeness (QED) is 0.863. The summed E-state index contributed by atoms with van der Waals surface area (Å²) in [6.07, 6.45) is 0. The normalized spacial score (nSPS) is 14.5. The van der Waals surface area contributed by atoms with E-state index >= 15 is 0 Å². The van der Waals surface area contributed by atoms with E-state index in [1.165, 1.54) is 0 Å². The molecule has 3 rings (SSSR count). The summed E-state index contributed by atoms with van der Waals surface area (Å²) < 4.78 is 5.31. The van der Waals surface area contributed by atoms with Crippen LogP contribution in [0.15, 0.2) is 36.4 Å². The van der Waals surface area contributed by atoms with Crippen LogP contribution < -0.4 is 4.90 Å². The number of nitrogens with zero attached hydrogens (tertiary/aromatic N) is 4. The lowest BCUT2D eigenvalue weighted by Gasteiger charge is -2.27. The van der Waals surface area contributed by atoms with E-state index in [4.69, 9.17) is 4.74 Å². The van der Waals surface area contributed by atoms with Crippen molar-refractivity contribution in [3.05, 3.63) is 47.8 Å². The minimum Gasteiger partial charge on any atom is -0.378 e. The Balaban J connectivity index is 1.92. The number of carbonyl (C=O) groups excluding carboxylic acids is 1. The number of aryl methyl sites for hydroxylation is 1. The van der Waals surface area contributed by atoms with Gasteiger partial charge in [0.2, 0.25) is 5.95 Å². The van der Waals surface area contributed by atoms with E-state index in [-0.39, 0.29) is 5.91 Å². The van der Waals surface area contributed by atoms with Gasteiger partial charge < -0.3 is 14.5 Å².